The van der Waals surface area contributed by atoms with Crippen molar-refractivity contribution >= 4 is 12.0 Å². The van der Waals surface area contributed by atoms with Gasteiger partial charge in [-0.2, -0.15) is 0 Å². The maximum atomic E-state index is 10.7. The highest BCUT2D eigenvalue weighted by Gasteiger charge is 2.38. The second-order valence-electron chi connectivity index (χ2n) is 5.15. The summed E-state index contributed by atoms with van der Waals surface area (Å²) in [6, 6.07) is 6.79. The minimum absolute atomic E-state index is 0.755. The number of fused-ring (bicyclic) bond motifs is 2. The van der Waals surface area contributed by atoms with E-state index in [0.29, 0.717) is 0 Å². The van der Waals surface area contributed by atoms with E-state index in [1.54, 1.807) is 0 Å². The second-order valence-corrected chi connectivity index (χ2v) is 5.15. The number of benzene rings is 1. The molecule has 3 rings (SSSR count). The zero-order valence-electron chi connectivity index (χ0n) is 9.65. The van der Waals surface area contributed by atoms with Gasteiger partial charge in [-0.05, 0) is 55.9 Å². The molecule has 84 valence electrons. The molecule has 2 fully saturated rings. The Hall–Kier alpha value is -1.31. The first-order valence-electron chi connectivity index (χ1n) is 6.10. The second kappa shape index (κ2) is 3.62. The van der Waals surface area contributed by atoms with Gasteiger partial charge in [-0.15, -0.1) is 0 Å². The van der Waals surface area contributed by atoms with Crippen molar-refractivity contribution in [3.63, 3.8) is 0 Å². The Morgan fingerprint density at radius 1 is 1.38 bits per heavy atom. The molecule has 2 unspecified atom stereocenters. The maximum absolute atomic E-state index is 10.7. The lowest BCUT2D eigenvalue weighted by molar-refractivity contribution is 0.112. The van der Waals surface area contributed by atoms with Gasteiger partial charge in [0.1, 0.15) is 6.29 Å². The van der Waals surface area contributed by atoms with Gasteiger partial charge in [0.15, 0.2) is 0 Å². The minimum Gasteiger partial charge on any atom is -0.368 e. The van der Waals surface area contributed by atoms with Gasteiger partial charge in [0.25, 0.3) is 0 Å². The molecule has 1 aromatic carbocycles. The third-order valence-electron chi connectivity index (χ3n) is 4.08. The number of carbonyl (C=O) groups is 1. The predicted octanol–water partition coefficient (Wildman–Crippen LogP) is 2.80. The van der Waals surface area contributed by atoms with Crippen LogP contribution >= 0.6 is 0 Å². The van der Waals surface area contributed by atoms with Gasteiger partial charge in [0.2, 0.25) is 0 Å². The monoisotopic (exact) mass is 215 g/mol. The average molecular weight is 215 g/mol. The van der Waals surface area contributed by atoms with Gasteiger partial charge in [-0.1, -0.05) is 0 Å². The number of piperidine rings is 1. The third-order valence-corrected chi connectivity index (χ3v) is 4.08. The Labute approximate surface area is 96.3 Å². The van der Waals surface area contributed by atoms with Crippen molar-refractivity contribution in [2.75, 3.05) is 11.4 Å². The van der Waals surface area contributed by atoms with Gasteiger partial charge >= 0.3 is 0 Å². The molecule has 1 heterocycles. The Balaban J connectivity index is 1.92. The standard InChI is InChI=1S/C14H17NO/c1-10-6-12(9-16)3-5-14(10)15-8-11-2-4-13(15)7-11/h3,5-6,9,11,13H,2,4,7-8H2,1H3. The van der Waals surface area contributed by atoms with Crippen molar-refractivity contribution in [3.8, 4) is 0 Å². The predicted molar refractivity (Wildman–Crippen MR) is 65.0 cm³/mol. The Morgan fingerprint density at radius 3 is 2.81 bits per heavy atom. The van der Waals surface area contributed by atoms with Crippen LogP contribution in [0.3, 0.4) is 0 Å². The quantitative estimate of drug-likeness (QED) is 0.707. The third kappa shape index (κ3) is 1.44. The summed E-state index contributed by atoms with van der Waals surface area (Å²) in [5, 5.41) is 0. The van der Waals surface area contributed by atoms with Crippen LogP contribution in [0, 0.1) is 12.8 Å². The number of hydrogen-bond donors (Lipinski definition) is 0. The molecule has 1 aromatic rings. The van der Waals surface area contributed by atoms with E-state index in [4.69, 9.17) is 0 Å². The van der Waals surface area contributed by atoms with Crippen LogP contribution in [0.25, 0.3) is 0 Å². The van der Waals surface area contributed by atoms with Gasteiger partial charge in [0.05, 0.1) is 0 Å². The van der Waals surface area contributed by atoms with Crippen LogP contribution in [-0.4, -0.2) is 18.9 Å². The van der Waals surface area contributed by atoms with Crippen LogP contribution in [0.2, 0.25) is 0 Å². The van der Waals surface area contributed by atoms with Crippen LogP contribution in [0.1, 0.15) is 35.2 Å². The highest BCUT2D eigenvalue weighted by atomic mass is 16.1. The van der Waals surface area contributed by atoms with E-state index in [2.05, 4.69) is 17.9 Å². The minimum atomic E-state index is 0.755. The van der Waals surface area contributed by atoms with Crippen LogP contribution in [0.4, 0.5) is 5.69 Å². The van der Waals surface area contributed by atoms with Gasteiger partial charge in [0, 0.05) is 23.8 Å². The number of aldehydes is 1. The van der Waals surface area contributed by atoms with Crippen molar-refractivity contribution in [2.45, 2.75) is 32.2 Å². The first kappa shape index (κ1) is 9.88. The summed E-state index contributed by atoms with van der Waals surface area (Å²) in [5.41, 5.74) is 3.35. The molecule has 0 amide bonds. The van der Waals surface area contributed by atoms with E-state index in [0.717, 1.165) is 23.8 Å². The number of anilines is 1. The number of hydrogen-bond acceptors (Lipinski definition) is 2. The number of rotatable bonds is 2. The highest BCUT2D eigenvalue weighted by Crippen LogP contribution is 2.41. The van der Waals surface area contributed by atoms with Crippen molar-refractivity contribution in [3.05, 3.63) is 29.3 Å². The molecule has 0 radical (unpaired) electrons. The molecule has 16 heavy (non-hydrogen) atoms. The summed E-state index contributed by atoms with van der Waals surface area (Å²) in [7, 11) is 0. The van der Waals surface area contributed by atoms with E-state index in [-0.39, 0.29) is 0 Å². The Bertz CT molecular complexity index is 427. The van der Waals surface area contributed by atoms with Crippen molar-refractivity contribution in [2.24, 2.45) is 5.92 Å². The molecule has 2 heteroatoms. The summed E-state index contributed by atoms with van der Waals surface area (Å²) in [6.07, 6.45) is 5.05. The zero-order valence-corrected chi connectivity index (χ0v) is 9.65. The van der Waals surface area contributed by atoms with E-state index in [1.165, 1.54) is 37.1 Å². The first-order chi connectivity index (χ1) is 7.78. The number of nitrogens with zero attached hydrogens (tertiary/aromatic N) is 1. The molecular formula is C14H17NO. The fourth-order valence-electron chi connectivity index (χ4n) is 3.29. The van der Waals surface area contributed by atoms with Crippen LogP contribution in [0.5, 0.6) is 0 Å². The van der Waals surface area contributed by atoms with E-state index in [9.17, 15) is 4.79 Å². The molecule has 1 aliphatic carbocycles. The highest BCUT2D eigenvalue weighted by molar-refractivity contribution is 5.77. The molecule has 1 saturated carbocycles. The van der Waals surface area contributed by atoms with E-state index < -0.39 is 0 Å². The fourth-order valence-corrected chi connectivity index (χ4v) is 3.29. The lowest BCUT2D eigenvalue weighted by atomic mass is 10.1. The van der Waals surface area contributed by atoms with Crippen molar-refractivity contribution in [1.82, 2.24) is 0 Å². The Kier molecular flexibility index (Phi) is 2.23. The largest absolute Gasteiger partial charge is 0.368 e. The summed E-state index contributed by atoms with van der Waals surface area (Å²) in [6.45, 7) is 3.32. The molecule has 0 N–H and O–H groups in total. The zero-order chi connectivity index (χ0) is 11.1. The smallest absolute Gasteiger partial charge is 0.150 e. The normalized spacial score (nSPS) is 27.4. The summed E-state index contributed by atoms with van der Waals surface area (Å²) >= 11 is 0. The summed E-state index contributed by atoms with van der Waals surface area (Å²) in [5.74, 6) is 0.912. The Morgan fingerprint density at radius 2 is 2.25 bits per heavy atom. The van der Waals surface area contributed by atoms with Crippen molar-refractivity contribution < 1.29 is 4.79 Å². The number of carbonyl (C=O) groups excluding carboxylic acids is 1. The molecule has 0 spiro atoms. The number of aryl methyl sites for hydroxylation is 1. The molecule has 2 aliphatic rings. The maximum Gasteiger partial charge on any atom is 0.150 e. The SMILES string of the molecule is Cc1cc(C=O)ccc1N1CC2CCC1C2. The van der Waals surface area contributed by atoms with Crippen LogP contribution in [-0.2, 0) is 0 Å². The lowest BCUT2D eigenvalue weighted by Gasteiger charge is -2.30. The van der Waals surface area contributed by atoms with Gasteiger partial charge in [-0.25, -0.2) is 0 Å². The summed E-state index contributed by atoms with van der Waals surface area (Å²) in [4.78, 5) is 13.2. The van der Waals surface area contributed by atoms with E-state index >= 15 is 0 Å². The first-order valence-corrected chi connectivity index (χ1v) is 6.10. The molecule has 2 bridgehead atoms. The molecule has 1 saturated heterocycles. The molecule has 0 aromatic heterocycles. The van der Waals surface area contributed by atoms with Crippen LogP contribution < -0.4 is 4.90 Å². The summed E-state index contributed by atoms with van der Waals surface area (Å²) < 4.78 is 0. The van der Waals surface area contributed by atoms with Crippen LogP contribution in [0.15, 0.2) is 18.2 Å². The molecular weight excluding hydrogens is 198 g/mol. The lowest BCUT2D eigenvalue weighted by Crippen LogP contribution is -2.32. The van der Waals surface area contributed by atoms with Crippen molar-refractivity contribution in [1.29, 1.82) is 0 Å². The molecule has 1 aliphatic heterocycles. The van der Waals surface area contributed by atoms with Gasteiger partial charge < -0.3 is 4.90 Å². The fraction of sp³-hybridized carbons (Fsp3) is 0.500. The topological polar surface area (TPSA) is 20.3 Å². The van der Waals surface area contributed by atoms with Gasteiger partial charge in [-0.3, -0.25) is 4.79 Å². The molecule has 2 nitrogen and oxygen atoms in total. The van der Waals surface area contributed by atoms with E-state index in [1.807, 2.05) is 12.1 Å². The average Bonchev–Trinajstić information content (AvgIpc) is 2.90. The molecule has 2 atom stereocenters.